The molecule has 0 fully saturated rings. The second kappa shape index (κ2) is 7.11. The number of aromatic nitrogens is 3. The first-order valence-corrected chi connectivity index (χ1v) is 7.02. The van der Waals surface area contributed by atoms with Crippen LogP contribution in [0.15, 0.2) is 14.4 Å². The van der Waals surface area contributed by atoms with Crippen molar-refractivity contribution in [2.24, 2.45) is 0 Å². The minimum absolute atomic E-state index is 0.355. The third kappa shape index (κ3) is 3.24. The Morgan fingerprint density at radius 2 is 1.00 bits per heavy atom. The van der Waals surface area contributed by atoms with Gasteiger partial charge in [-0.2, -0.15) is 0 Å². The maximum absolute atomic E-state index is 12.2. The molecule has 0 aliphatic rings. The Balaban J connectivity index is 3.50. The summed E-state index contributed by atoms with van der Waals surface area (Å²) in [4.78, 5) is 36.5. The molecule has 0 amide bonds. The summed E-state index contributed by atoms with van der Waals surface area (Å²) in [5.74, 6) is 0. The smallest absolute Gasteiger partial charge is 0.247 e. The molecule has 6 heteroatoms. The highest BCUT2D eigenvalue weighted by Crippen LogP contribution is 1.89. The predicted octanol–water partition coefficient (Wildman–Crippen LogP) is 0.792. The number of nitrogens with zero attached hydrogens (tertiary/aromatic N) is 3. The van der Waals surface area contributed by atoms with E-state index in [9.17, 15) is 14.4 Å². The zero-order valence-electron chi connectivity index (χ0n) is 12.0. The minimum Gasteiger partial charge on any atom is -0.247 e. The molecule has 108 valence electrons. The second-order valence-electron chi connectivity index (χ2n) is 4.66. The lowest BCUT2D eigenvalue weighted by atomic mass is 10.3. The van der Waals surface area contributed by atoms with E-state index in [1.807, 2.05) is 20.8 Å². The van der Waals surface area contributed by atoms with Crippen LogP contribution < -0.4 is 17.1 Å². The van der Waals surface area contributed by atoms with Crippen LogP contribution in [0.25, 0.3) is 0 Å². The van der Waals surface area contributed by atoms with Crippen molar-refractivity contribution in [1.29, 1.82) is 0 Å². The Hall–Kier alpha value is -1.59. The van der Waals surface area contributed by atoms with Crippen LogP contribution in [0.4, 0.5) is 0 Å². The topological polar surface area (TPSA) is 66.0 Å². The second-order valence-corrected chi connectivity index (χ2v) is 4.66. The van der Waals surface area contributed by atoms with Crippen LogP contribution >= 0.6 is 0 Å². The number of hydrogen-bond acceptors (Lipinski definition) is 3. The Labute approximate surface area is 112 Å². The lowest BCUT2D eigenvalue weighted by Gasteiger charge is -2.12. The first-order valence-electron chi connectivity index (χ1n) is 7.02. The first-order chi connectivity index (χ1) is 9.08. The summed E-state index contributed by atoms with van der Waals surface area (Å²) in [7, 11) is 0. The van der Waals surface area contributed by atoms with E-state index >= 15 is 0 Å². The SMILES string of the molecule is CCCCn1c(=O)n(CCC)c(=O)n(CCC)c1=O. The zero-order chi connectivity index (χ0) is 14.4. The third-order valence-corrected chi connectivity index (χ3v) is 3.02. The highest BCUT2D eigenvalue weighted by atomic mass is 16.2. The van der Waals surface area contributed by atoms with Gasteiger partial charge in [0.05, 0.1) is 0 Å². The van der Waals surface area contributed by atoms with Gasteiger partial charge in [-0.05, 0) is 19.3 Å². The predicted molar refractivity (Wildman–Crippen MR) is 74.7 cm³/mol. The van der Waals surface area contributed by atoms with Gasteiger partial charge in [0.1, 0.15) is 0 Å². The number of hydrogen-bond donors (Lipinski definition) is 0. The Morgan fingerprint density at radius 3 is 1.32 bits per heavy atom. The molecule has 0 saturated carbocycles. The first kappa shape index (κ1) is 15.5. The molecule has 0 unspecified atom stereocenters. The van der Waals surface area contributed by atoms with Crippen molar-refractivity contribution in [2.45, 2.75) is 66.1 Å². The average molecular weight is 269 g/mol. The van der Waals surface area contributed by atoms with Gasteiger partial charge in [-0.25, -0.2) is 28.1 Å². The van der Waals surface area contributed by atoms with Gasteiger partial charge in [-0.15, -0.1) is 0 Å². The number of unbranched alkanes of at least 4 members (excludes halogenated alkanes) is 1. The fourth-order valence-corrected chi connectivity index (χ4v) is 2.02. The maximum atomic E-state index is 12.2. The van der Waals surface area contributed by atoms with Crippen molar-refractivity contribution in [2.75, 3.05) is 0 Å². The normalized spacial score (nSPS) is 10.9. The van der Waals surface area contributed by atoms with Crippen molar-refractivity contribution in [1.82, 2.24) is 13.7 Å². The van der Waals surface area contributed by atoms with Gasteiger partial charge in [-0.3, -0.25) is 0 Å². The van der Waals surface area contributed by atoms with Crippen molar-refractivity contribution in [3.05, 3.63) is 31.5 Å². The molecule has 0 atom stereocenters. The molecule has 0 saturated heterocycles. The summed E-state index contributed by atoms with van der Waals surface area (Å²) in [6.07, 6.45) is 3.03. The van der Waals surface area contributed by atoms with Gasteiger partial charge >= 0.3 is 17.1 Å². The number of rotatable bonds is 7. The quantitative estimate of drug-likeness (QED) is 0.735. The van der Waals surface area contributed by atoms with Gasteiger partial charge in [0.25, 0.3) is 0 Å². The molecule has 1 aromatic heterocycles. The van der Waals surface area contributed by atoms with Crippen LogP contribution in [0.3, 0.4) is 0 Å². The molecule has 0 aromatic carbocycles. The van der Waals surface area contributed by atoms with E-state index in [0.29, 0.717) is 32.5 Å². The van der Waals surface area contributed by atoms with Crippen LogP contribution in [0.1, 0.15) is 46.5 Å². The summed E-state index contributed by atoms with van der Waals surface area (Å²) in [6.45, 7) is 6.89. The summed E-state index contributed by atoms with van der Waals surface area (Å²) in [6, 6.07) is 0. The Kier molecular flexibility index (Phi) is 5.79. The van der Waals surface area contributed by atoms with E-state index in [-0.39, 0.29) is 0 Å². The van der Waals surface area contributed by atoms with E-state index in [0.717, 1.165) is 12.8 Å². The van der Waals surface area contributed by atoms with Gasteiger partial charge in [0.15, 0.2) is 0 Å². The van der Waals surface area contributed by atoms with Gasteiger partial charge < -0.3 is 0 Å². The molecule has 0 bridgehead atoms. The lowest BCUT2D eigenvalue weighted by Crippen LogP contribution is -2.54. The summed E-state index contributed by atoms with van der Waals surface area (Å²) in [5.41, 5.74) is -1.43. The van der Waals surface area contributed by atoms with Gasteiger partial charge in [0, 0.05) is 19.6 Å². The van der Waals surface area contributed by atoms with Gasteiger partial charge in [-0.1, -0.05) is 27.2 Å². The molecular formula is C13H23N3O3. The minimum atomic E-state index is -0.480. The molecule has 0 radical (unpaired) electrons. The standard InChI is InChI=1S/C13H23N3O3/c1-4-7-10-16-12(18)14(8-5-2)11(17)15(9-6-3)13(16)19/h4-10H2,1-3H3. The van der Waals surface area contributed by atoms with Crippen LogP contribution in [0.5, 0.6) is 0 Å². The largest absolute Gasteiger partial charge is 0.336 e. The molecule has 0 aliphatic heterocycles. The van der Waals surface area contributed by atoms with Crippen molar-refractivity contribution >= 4 is 0 Å². The van der Waals surface area contributed by atoms with E-state index in [1.165, 1.54) is 13.7 Å². The Bertz CT molecular complexity index is 536. The maximum Gasteiger partial charge on any atom is 0.336 e. The molecule has 0 aliphatic carbocycles. The highest BCUT2D eigenvalue weighted by molar-refractivity contribution is 4.79. The van der Waals surface area contributed by atoms with Crippen LogP contribution in [0.2, 0.25) is 0 Å². The third-order valence-electron chi connectivity index (χ3n) is 3.02. The summed E-state index contributed by atoms with van der Waals surface area (Å²) in [5, 5.41) is 0. The van der Waals surface area contributed by atoms with Crippen molar-refractivity contribution < 1.29 is 0 Å². The Morgan fingerprint density at radius 1 is 0.632 bits per heavy atom. The fourth-order valence-electron chi connectivity index (χ4n) is 2.02. The molecule has 1 aromatic rings. The molecular weight excluding hydrogens is 246 g/mol. The molecule has 1 rings (SSSR count). The van der Waals surface area contributed by atoms with E-state index < -0.39 is 17.1 Å². The van der Waals surface area contributed by atoms with Crippen LogP contribution in [0, 0.1) is 0 Å². The monoisotopic (exact) mass is 269 g/mol. The van der Waals surface area contributed by atoms with Crippen LogP contribution in [-0.2, 0) is 19.6 Å². The van der Waals surface area contributed by atoms with E-state index in [4.69, 9.17) is 0 Å². The van der Waals surface area contributed by atoms with Crippen LogP contribution in [-0.4, -0.2) is 13.7 Å². The molecule has 0 N–H and O–H groups in total. The fraction of sp³-hybridized carbons (Fsp3) is 0.769. The molecule has 0 spiro atoms. The molecule has 6 nitrogen and oxygen atoms in total. The van der Waals surface area contributed by atoms with Gasteiger partial charge in [0.2, 0.25) is 0 Å². The van der Waals surface area contributed by atoms with Crippen molar-refractivity contribution in [3.63, 3.8) is 0 Å². The highest BCUT2D eigenvalue weighted by Gasteiger charge is 2.13. The average Bonchev–Trinajstić information content (AvgIpc) is 2.40. The molecule has 1 heterocycles. The zero-order valence-corrected chi connectivity index (χ0v) is 12.0. The van der Waals surface area contributed by atoms with E-state index in [2.05, 4.69) is 0 Å². The van der Waals surface area contributed by atoms with E-state index in [1.54, 1.807) is 0 Å². The van der Waals surface area contributed by atoms with Crippen molar-refractivity contribution in [3.8, 4) is 0 Å². The molecule has 19 heavy (non-hydrogen) atoms. The lowest BCUT2D eigenvalue weighted by molar-refractivity contribution is 0.433. The summed E-state index contributed by atoms with van der Waals surface area (Å²) < 4.78 is 3.54. The summed E-state index contributed by atoms with van der Waals surface area (Å²) >= 11 is 0.